The van der Waals surface area contributed by atoms with Crippen molar-refractivity contribution in [3.63, 3.8) is 0 Å². The quantitative estimate of drug-likeness (QED) is 0.156. The van der Waals surface area contributed by atoms with Crippen LogP contribution in [-0.4, -0.2) is 24.5 Å². The minimum atomic E-state index is 0.611. The summed E-state index contributed by atoms with van der Waals surface area (Å²) in [5, 5.41) is 7.86. The van der Waals surface area contributed by atoms with Crippen molar-refractivity contribution in [2.45, 2.75) is 0 Å². The molecule has 0 aliphatic carbocycles. The Kier molecular flexibility index (Phi) is 8.11. The van der Waals surface area contributed by atoms with Gasteiger partial charge >= 0.3 is 0 Å². The zero-order chi connectivity index (χ0) is 42.1. The maximum absolute atomic E-state index is 6.63. The van der Waals surface area contributed by atoms with Gasteiger partial charge in [-0.3, -0.25) is 0 Å². The second-order valence-corrected chi connectivity index (χ2v) is 16.2. The standard InChI is InChI=1S/C58H35N5O/c1-2-14-40(15-3-1)56-60-57(62-58(61-56)42-16-12-17-43(35-42)63-49-22-9-6-19-45(49)46-20-7-10-23-50(46)63)41-31-27-37(28-32-41)36-25-29-39(30-26-36)54-53-47-21-8-11-24-51(47)64-55(53)52-44-18-5-4-13-38(44)33-34-48(52)59-54/h1-35H. The highest BCUT2D eigenvalue weighted by atomic mass is 16.3. The predicted molar refractivity (Wildman–Crippen MR) is 261 cm³/mol. The van der Waals surface area contributed by atoms with Gasteiger partial charge in [-0.25, -0.2) is 19.9 Å². The lowest BCUT2D eigenvalue weighted by molar-refractivity contribution is 0.673. The number of furan rings is 1. The van der Waals surface area contributed by atoms with E-state index in [1.54, 1.807) is 0 Å². The normalized spacial score (nSPS) is 11.8. The number of nitrogens with zero attached hydrogens (tertiary/aromatic N) is 5. The van der Waals surface area contributed by atoms with Gasteiger partial charge < -0.3 is 8.98 Å². The molecular formula is C58H35N5O. The van der Waals surface area contributed by atoms with Crippen LogP contribution in [0.15, 0.2) is 217 Å². The fourth-order valence-corrected chi connectivity index (χ4v) is 9.40. The van der Waals surface area contributed by atoms with Crippen molar-refractivity contribution in [3.05, 3.63) is 212 Å². The highest BCUT2D eigenvalue weighted by Crippen LogP contribution is 2.42. The molecule has 13 aromatic rings. The monoisotopic (exact) mass is 817 g/mol. The number of rotatable bonds is 6. The van der Waals surface area contributed by atoms with Gasteiger partial charge in [0.2, 0.25) is 0 Å². The summed E-state index contributed by atoms with van der Waals surface area (Å²) in [6, 6.07) is 73.8. The van der Waals surface area contributed by atoms with Gasteiger partial charge in [0.1, 0.15) is 11.2 Å². The third-order valence-electron chi connectivity index (χ3n) is 12.4. The van der Waals surface area contributed by atoms with Crippen molar-refractivity contribution in [1.82, 2.24) is 24.5 Å². The van der Waals surface area contributed by atoms with Crippen LogP contribution < -0.4 is 0 Å². The fourth-order valence-electron chi connectivity index (χ4n) is 9.40. The van der Waals surface area contributed by atoms with Crippen LogP contribution in [0.3, 0.4) is 0 Å². The van der Waals surface area contributed by atoms with Crippen molar-refractivity contribution in [1.29, 1.82) is 0 Å². The molecule has 6 nitrogen and oxygen atoms in total. The zero-order valence-electron chi connectivity index (χ0n) is 34.4. The van der Waals surface area contributed by atoms with Gasteiger partial charge in [0, 0.05) is 44.1 Å². The minimum absolute atomic E-state index is 0.611. The predicted octanol–water partition coefficient (Wildman–Crippen LogP) is 14.9. The first kappa shape index (κ1) is 36.0. The van der Waals surface area contributed by atoms with Crippen LogP contribution >= 0.6 is 0 Å². The first-order chi connectivity index (χ1) is 31.7. The van der Waals surface area contributed by atoms with Crippen LogP contribution in [0.2, 0.25) is 0 Å². The molecule has 4 heterocycles. The molecule has 9 aromatic carbocycles. The van der Waals surface area contributed by atoms with E-state index in [0.29, 0.717) is 17.5 Å². The Hall–Kier alpha value is -8.74. The van der Waals surface area contributed by atoms with E-state index in [1.165, 1.54) is 10.8 Å². The first-order valence-corrected chi connectivity index (χ1v) is 21.5. The molecule has 0 atom stereocenters. The molecular weight excluding hydrogens is 783 g/mol. The molecule has 0 spiro atoms. The van der Waals surface area contributed by atoms with E-state index in [4.69, 9.17) is 24.4 Å². The molecule has 0 amide bonds. The average molecular weight is 818 g/mol. The summed E-state index contributed by atoms with van der Waals surface area (Å²) >= 11 is 0. The van der Waals surface area contributed by atoms with Crippen molar-refractivity contribution < 1.29 is 4.42 Å². The van der Waals surface area contributed by atoms with Crippen molar-refractivity contribution in [2.24, 2.45) is 0 Å². The van der Waals surface area contributed by atoms with Crippen molar-refractivity contribution in [2.75, 3.05) is 0 Å². The molecule has 0 aliphatic rings. The van der Waals surface area contributed by atoms with Gasteiger partial charge in [0.25, 0.3) is 0 Å². The molecule has 0 saturated heterocycles. The maximum Gasteiger partial charge on any atom is 0.164 e. The molecule has 0 fully saturated rings. The Morgan fingerprint density at radius 3 is 1.58 bits per heavy atom. The fraction of sp³-hybridized carbons (Fsp3) is 0. The SMILES string of the molecule is c1ccc(-c2nc(-c3ccc(-c4ccc(-c5nc6ccc7ccccc7c6c6oc7ccccc7c56)cc4)cc3)nc(-c3cccc(-n4c5ccccc5c5ccccc54)c3)n2)cc1. The summed E-state index contributed by atoms with van der Waals surface area (Å²) in [5.41, 5.74) is 12.8. The summed E-state index contributed by atoms with van der Waals surface area (Å²) in [6.07, 6.45) is 0. The van der Waals surface area contributed by atoms with Gasteiger partial charge in [-0.05, 0) is 58.3 Å². The topological polar surface area (TPSA) is 69.6 Å². The van der Waals surface area contributed by atoms with E-state index in [2.05, 4.69) is 174 Å². The number of para-hydroxylation sites is 3. The molecule has 0 saturated carbocycles. The van der Waals surface area contributed by atoms with E-state index < -0.39 is 0 Å². The van der Waals surface area contributed by atoms with Crippen LogP contribution in [-0.2, 0) is 0 Å². The lowest BCUT2D eigenvalue weighted by Crippen LogP contribution is -2.01. The number of hydrogen-bond acceptors (Lipinski definition) is 5. The molecule has 13 rings (SSSR count). The van der Waals surface area contributed by atoms with Gasteiger partial charge in [0.15, 0.2) is 17.5 Å². The first-order valence-electron chi connectivity index (χ1n) is 21.5. The van der Waals surface area contributed by atoms with Crippen molar-refractivity contribution >= 4 is 65.4 Å². The summed E-state index contributed by atoms with van der Waals surface area (Å²) in [4.78, 5) is 20.5. The Morgan fingerprint density at radius 2 is 0.875 bits per heavy atom. The highest BCUT2D eigenvalue weighted by molar-refractivity contribution is 6.25. The smallest absolute Gasteiger partial charge is 0.164 e. The summed E-state index contributed by atoms with van der Waals surface area (Å²) < 4.78 is 8.95. The van der Waals surface area contributed by atoms with Crippen molar-refractivity contribution in [3.8, 4) is 62.2 Å². The molecule has 298 valence electrons. The van der Waals surface area contributed by atoms with Crippen LogP contribution in [0.4, 0.5) is 0 Å². The van der Waals surface area contributed by atoms with E-state index in [1.807, 2.05) is 42.5 Å². The third kappa shape index (κ3) is 5.81. The van der Waals surface area contributed by atoms with Crippen LogP contribution in [0.25, 0.3) is 128 Å². The number of fused-ring (bicyclic) bond motifs is 10. The third-order valence-corrected chi connectivity index (χ3v) is 12.4. The molecule has 6 heteroatoms. The molecule has 0 unspecified atom stereocenters. The molecule has 0 N–H and O–H groups in total. The lowest BCUT2D eigenvalue weighted by atomic mass is 9.97. The summed E-state index contributed by atoms with van der Waals surface area (Å²) in [7, 11) is 0. The average Bonchev–Trinajstić information content (AvgIpc) is 3.93. The largest absolute Gasteiger partial charge is 0.455 e. The van der Waals surface area contributed by atoms with Crippen LogP contribution in [0, 0.1) is 0 Å². The number of aromatic nitrogens is 5. The molecule has 0 bridgehead atoms. The minimum Gasteiger partial charge on any atom is -0.455 e. The van der Waals surface area contributed by atoms with Gasteiger partial charge in [-0.15, -0.1) is 0 Å². The molecule has 0 aliphatic heterocycles. The van der Waals surface area contributed by atoms with Gasteiger partial charge in [-0.1, -0.05) is 176 Å². The van der Waals surface area contributed by atoms with E-state index in [0.717, 1.165) is 99.4 Å². The number of benzene rings is 9. The Bertz CT molecular complexity index is 3890. The summed E-state index contributed by atoms with van der Waals surface area (Å²) in [5.74, 6) is 1.85. The second-order valence-electron chi connectivity index (χ2n) is 16.2. The Morgan fingerprint density at radius 1 is 0.344 bits per heavy atom. The lowest BCUT2D eigenvalue weighted by Gasteiger charge is -2.12. The summed E-state index contributed by atoms with van der Waals surface area (Å²) in [6.45, 7) is 0. The van der Waals surface area contributed by atoms with Crippen LogP contribution in [0.1, 0.15) is 0 Å². The number of hydrogen-bond donors (Lipinski definition) is 0. The number of pyridine rings is 1. The zero-order valence-corrected chi connectivity index (χ0v) is 34.4. The second kappa shape index (κ2) is 14.4. The van der Waals surface area contributed by atoms with Gasteiger partial charge in [0.05, 0.1) is 33.0 Å². The van der Waals surface area contributed by atoms with Gasteiger partial charge in [-0.2, -0.15) is 0 Å². The Labute approximate surface area is 367 Å². The van der Waals surface area contributed by atoms with E-state index >= 15 is 0 Å². The van der Waals surface area contributed by atoms with E-state index in [9.17, 15) is 0 Å². The molecule has 0 radical (unpaired) electrons. The highest BCUT2D eigenvalue weighted by Gasteiger charge is 2.20. The molecule has 64 heavy (non-hydrogen) atoms. The van der Waals surface area contributed by atoms with Crippen LogP contribution in [0.5, 0.6) is 0 Å². The molecule has 4 aromatic heterocycles. The van der Waals surface area contributed by atoms with E-state index in [-0.39, 0.29) is 0 Å². The Balaban J connectivity index is 0.874. The maximum atomic E-state index is 6.63.